The summed E-state index contributed by atoms with van der Waals surface area (Å²) in [5, 5.41) is 102. The monoisotopic (exact) mass is 594 g/mol. The van der Waals surface area contributed by atoms with Gasteiger partial charge in [-0.25, -0.2) is 0 Å². The van der Waals surface area contributed by atoms with Crippen molar-refractivity contribution in [3.05, 3.63) is 29.8 Å². The molecule has 0 bridgehead atoms. The van der Waals surface area contributed by atoms with E-state index in [0.29, 0.717) is 0 Å². The Morgan fingerprint density at radius 2 is 0.951 bits per heavy atom. The molecule has 4 rings (SSSR count). The predicted octanol–water partition coefficient (Wildman–Crippen LogP) is -5.18. The van der Waals surface area contributed by atoms with Crippen molar-refractivity contribution in [3.8, 4) is 5.75 Å². The standard InChI is InChI=1S/C25H38O16/c1-9-2-4-10(5-3-9)36-24-21(18(33)15(30)12(7-27)38-24)41-25-22(19(34)16(31)13(8-28)39-25)40-23-20(35)17(32)14(29)11(6-26)37-23/h2-5,11-35H,6-8H2,1H3/t11-,12-,13-,14-,15-,16-,17+,18+,19+,20+,21+,22+,23-,24+,25-/m1/s1. The van der Waals surface area contributed by atoms with E-state index in [1.807, 2.05) is 6.92 Å². The van der Waals surface area contributed by atoms with Gasteiger partial charge in [-0.15, -0.1) is 0 Å². The van der Waals surface area contributed by atoms with E-state index in [4.69, 9.17) is 28.4 Å². The normalized spacial score (nSPS) is 45.4. The minimum atomic E-state index is -1.89. The van der Waals surface area contributed by atoms with Crippen LogP contribution in [0.4, 0.5) is 0 Å². The Bertz CT molecular complexity index is 950. The Labute approximate surface area is 234 Å². The highest BCUT2D eigenvalue weighted by Crippen LogP contribution is 2.33. The van der Waals surface area contributed by atoms with Crippen LogP contribution in [-0.2, 0) is 23.7 Å². The zero-order valence-electron chi connectivity index (χ0n) is 22.0. The molecule has 16 nitrogen and oxygen atoms in total. The molecule has 3 saturated heterocycles. The molecule has 0 unspecified atom stereocenters. The van der Waals surface area contributed by atoms with Crippen LogP contribution in [0.2, 0.25) is 0 Å². The van der Waals surface area contributed by atoms with Gasteiger partial charge in [0, 0.05) is 0 Å². The highest BCUT2D eigenvalue weighted by atomic mass is 16.8. The van der Waals surface area contributed by atoms with Gasteiger partial charge in [0.05, 0.1) is 19.8 Å². The highest BCUT2D eigenvalue weighted by Gasteiger charge is 2.54. The fraction of sp³-hybridized carbons (Fsp3) is 0.760. The second-order valence-electron chi connectivity index (χ2n) is 10.2. The van der Waals surface area contributed by atoms with Crippen LogP contribution in [0.15, 0.2) is 24.3 Å². The van der Waals surface area contributed by atoms with Crippen LogP contribution in [-0.4, -0.2) is 163 Å². The average Bonchev–Trinajstić information content (AvgIpc) is 2.97. The zero-order chi connectivity index (χ0) is 30.0. The lowest BCUT2D eigenvalue weighted by molar-refractivity contribution is -0.389. The summed E-state index contributed by atoms with van der Waals surface area (Å²) in [6.45, 7) is -0.384. The highest BCUT2D eigenvalue weighted by molar-refractivity contribution is 5.26. The van der Waals surface area contributed by atoms with Crippen LogP contribution < -0.4 is 4.74 Å². The van der Waals surface area contributed by atoms with Gasteiger partial charge in [-0.1, -0.05) is 17.7 Å². The third-order valence-electron chi connectivity index (χ3n) is 7.35. The molecule has 41 heavy (non-hydrogen) atoms. The molecule has 0 aliphatic carbocycles. The fourth-order valence-electron chi connectivity index (χ4n) is 4.85. The quantitative estimate of drug-likeness (QED) is 0.128. The molecule has 1 aromatic rings. The van der Waals surface area contributed by atoms with Gasteiger partial charge < -0.3 is 79.5 Å². The number of hydrogen-bond donors (Lipinski definition) is 10. The predicted molar refractivity (Wildman–Crippen MR) is 131 cm³/mol. The topological polar surface area (TPSA) is 258 Å². The van der Waals surface area contributed by atoms with Crippen LogP contribution in [0.5, 0.6) is 5.75 Å². The maximum Gasteiger partial charge on any atom is 0.229 e. The fourth-order valence-corrected chi connectivity index (χ4v) is 4.85. The Morgan fingerprint density at radius 1 is 0.537 bits per heavy atom. The van der Waals surface area contributed by atoms with E-state index in [0.717, 1.165) is 5.56 Å². The number of rotatable bonds is 9. The molecule has 10 N–H and O–H groups in total. The van der Waals surface area contributed by atoms with E-state index in [9.17, 15) is 51.1 Å². The lowest BCUT2D eigenvalue weighted by Gasteiger charge is -2.48. The number of aryl methyl sites for hydroxylation is 1. The molecule has 0 aromatic heterocycles. The number of hydrogen-bond acceptors (Lipinski definition) is 16. The van der Waals surface area contributed by atoms with E-state index in [-0.39, 0.29) is 5.75 Å². The van der Waals surface area contributed by atoms with Crippen molar-refractivity contribution in [1.82, 2.24) is 0 Å². The molecule has 3 aliphatic rings. The van der Waals surface area contributed by atoms with Gasteiger partial charge in [-0.3, -0.25) is 0 Å². The number of benzene rings is 1. The van der Waals surface area contributed by atoms with E-state index >= 15 is 0 Å². The molecule has 0 radical (unpaired) electrons. The molecular formula is C25H38O16. The lowest BCUT2D eigenvalue weighted by Crippen LogP contribution is -2.67. The Kier molecular flexibility index (Phi) is 10.9. The average molecular weight is 595 g/mol. The SMILES string of the molecule is Cc1ccc(O[C@H]2O[C@H](CO)[C@@H](O)[C@H](O)[C@@H]2O[C@H]2O[C@H](CO)[C@@H](O)[C@H](O)[C@@H]2O[C@H]2O[C@H](CO)[C@@H](O)[C@H](O)[C@@H]2O)cc1. The van der Waals surface area contributed by atoms with Crippen LogP contribution in [0.25, 0.3) is 0 Å². The Hall–Kier alpha value is -1.58. The van der Waals surface area contributed by atoms with Crippen LogP contribution in [0, 0.1) is 6.92 Å². The molecule has 3 heterocycles. The van der Waals surface area contributed by atoms with E-state index in [1.54, 1.807) is 24.3 Å². The van der Waals surface area contributed by atoms with Crippen molar-refractivity contribution in [2.75, 3.05) is 19.8 Å². The molecule has 0 amide bonds. The van der Waals surface area contributed by atoms with Gasteiger partial charge >= 0.3 is 0 Å². The first kappa shape index (κ1) is 32.3. The number of aliphatic hydroxyl groups is 10. The van der Waals surface area contributed by atoms with Gasteiger partial charge in [0.1, 0.15) is 72.9 Å². The van der Waals surface area contributed by atoms with Gasteiger partial charge in [0.25, 0.3) is 0 Å². The van der Waals surface area contributed by atoms with Crippen molar-refractivity contribution < 1.29 is 79.5 Å². The van der Waals surface area contributed by atoms with Gasteiger partial charge in [-0.2, -0.15) is 0 Å². The van der Waals surface area contributed by atoms with Crippen LogP contribution in [0.1, 0.15) is 5.56 Å². The summed E-state index contributed by atoms with van der Waals surface area (Å²) >= 11 is 0. The van der Waals surface area contributed by atoms with Crippen LogP contribution in [0.3, 0.4) is 0 Å². The molecule has 16 heteroatoms. The second kappa shape index (κ2) is 13.8. The molecule has 234 valence electrons. The van der Waals surface area contributed by atoms with Gasteiger partial charge in [-0.05, 0) is 19.1 Å². The van der Waals surface area contributed by atoms with Gasteiger partial charge in [0.2, 0.25) is 6.29 Å². The summed E-state index contributed by atoms with van der Waals surface area (Å²) in [7, 11) is 0. The Balaban J connectivity index is 1.61. The summed E-state index contributed by atoms with van der Waals surface area (Å²) in [4.78, 5) is 0. The van der Waals surface area contributed by atoms with E-state index in [1.165, 1.54) is 0 Å². The molecular weight excluding hydrogens is 556 g/mol. The molecule has 15 atom stereocenters. The van der Waals surface area contributed by atoms with Crippen molar-refractivity contribution in [1.29, 1.82) is 0 Å². The molecule has 3 fully saturated rings. The first-order chi connectivity index (χ1) is 19.5. The first-order valence-electron chi connectivity index (χ1n) is 13.1. The van der Waals surface area contributed by atoms with Crippen molar-refractivity contribution in [3.63, 3.8) is 0 Å². The number of aliphatic hydroxyl groups excluding tert-OH is 10. The second-order valence-corrected chi connectivity index (χ2v) is 10.2. The largest absolute Gasteiger partial charge is 0.462 e. The van der Waals surface area contributed by atoms with Crippen molar-refractivity contribution in [2.24, 2.45) is 0 Å². The summed E-state index contributed by atoms with van der Waals surface area (Å²) in [5.74, 6) is 0.275. The molecule has 0 saturated carbocycles. The summed E-state index contributed by atoms with van der Waals surface area (Å²) in [6.07, 6.45) is -24.8. The van der Waals surface area contributed by atoms with E-state index in [2.05, 4.69) is 0 Å². The smallest absolute Gasteiger partial charge is 0.229 e. The van der Waals surface area contributed by atoms with Crippen molar-refractivity contribution in [2.45, 2.75) is 99.0 Å². The Morgan fingerprint density at radius 3 is 1.46 bits per heavy atom. The summed E-state index contributed by atoms with van der Waals surface area (Å²) < 4.78 is 33.9. The third-order valence-corrected chi connectivity index (χ3v) is 7.35. The maximum atomic E-state index is 10.9. The van der Waals surface area contributed by atoms with Gasteiger partial charge in [0.15, 0.2) is 18.7 Å². The van der Waals surface area contributed by atoms with E-state index < -0.39 is 112 Å². The maximum absolute atomic E-state index is 10.9. The lowest BCUT2D eigenvalue weighted by atomic mass is 9.96. The summed E-state index contributed by atoms with van der Waals surface area (Å²) in [6, 6.07) is 6.68. The van der Waals surface area contributed by atoms with Crippen molar-refractivity contribution >= 4 is 0 Å². The van der Waals surface area contributed by atoms with Crippen LogP contribution >= 0.6 is 0 Å². The summed E-state index contributed by atoms with van der Waals surface area (Å²) in [5.41, 5.74) is 0.921. The third kappa shape index (κ3) is 6.82. The molecule has 0 spiro atoms. The first-order valence-corrected chi connectivity index (χ1v) is 13.1. The minimum absolute atomic E-state index is 0.275. The minimum Gasteiger partial charge on any atom is -0.462 e. The number of ether oxygens (including phenoxy) is 6. The molecule has 3 aliphatic heterocycles. The molecule has 1 aromatic carbocycles. The zero-order valence-corrected chi connectivity index (χ0v) is 22.0.